The molecule has 0 fully saturated rings. The minimum Gasteiger partial charge on any atom is -0.338 e. The number of rotatable bonds is 6. The molecular formula is C19H22N2O3S. The molecule has 2 rings (SSSR count). The lowest BCUT2D eigenvalue weighted by Crippen LogP contribution is -2.31. The third kappa shape index (κ3) is 4.82. The van der Waals surface area contributed by atoms with Gasteiger partial charge in [-0.1, -0.05) is 29.8 Å². The summed E-state index contributed by atoms with van der Waals surface area (Å²) in [5.74, 6) is 0.324. The van der Waals surface area contributed by atoms with Crippen LogP contribution >= 0.6 is 11.8 Å². The maximum atomic E-state index is 12.5. The first kappa shape index (κ1) is 19.0. The summed E-state index contributed by atoms with van der Waals surface area (Å²) >= 11 is 1.52. The van der Waals surface area contributed by atoms with E-state index in [9.17, 15) is 14.9 Å². The van der Waals surface area contributed by atoms with Crippen molar-refractivity contribution in [2.24, 2.45) is 0 Å². The van der Waals surface area contributed by atoms with Gasteiger partial charge >= 0.3 is 0 Å². The van der Waals surface area contributed by atoms with Crippen LogP contribution in [-0.4, -0.2) is 28.5 Å². The lowest BCUT2D eigenvalue weighted by Gasteiger charge is -2.25. The summed E-state index contributed by atoms with van der Waals surface area (Å²) in [5.41, 5.74) is 3.10. The van der Waals surface area contributed by atoms with Gasteiger partial charge in [-0.15, -0.1) is 11.8 Å². The Hall–Kier alpha value is -2.34. The van der Waals surface area contributed by atoms with E-state index < -0.39 is 4.92 Å². The molecule has 2 aromatic rings. The summed E-state index contributed by atoms with van der Waals surface area (Å²) in [6.45, 7) is 5.93. The lowest BCUT2D eigenvalue weighted by molar-refractivity contribution is -0.384. The maximum absolute atomic E-state index is 12.5. The molecule has 1 amide bonds. The van der Waals surface area contributed by atoms with E-state index in [-0.39, 0.29) is 17.6 Å². The minimum absolute atomic E-state index is 0.00934. The SMILES string of the molecule is Cc1ccc(C)c(SCC(=O)N(C)[C@H](C)c2cccc([N+](=O)[O-])c2)c1. The molecule has 0 N–H and O–H groups in total. The number of carbonyl (C=O) groups is 1. The fourth-order valence-corrected chi connectivity index (χ4v) is 3.49. The van der Waals surface area contributed by atoms with E-state index in [0.717, 1.165) is 16.0 Å². The van der Waals surface area contributed by atoms with E-state index >= 15 is 0 Å². The van der Waals surface area contributed by atoms with Gasteiger partial charge in [0.15, 0.2) is 0 Å². The van der Waals surface area contributed by atoms with Crippen molar-refractivity contribution in [3.05, 3.63) is 69.3 Å². The third-order valence-electron chi connectivity index (χ3n) is 4.23. The molecule has 25 heavy (non-hydrogen) atoms. The van der Waals surface area contributed by atoms with Crippen LogP contribution in [0.3, 0.4) is 0 Å². The first-order chi connectivity index (χ1) is 11.8. The number of non-ortho nitro benzene ring substituents is 1. The molecule has 0 spiro atoms. The average molecular weight is 358 g/mol. The monoisotopic (exact) mass is 358 g/mol. The number of aryl methyl sites for hydroxylation is 2. The average Bonchev–Trinajstić information content (AvgIpc) is 2.61. The van der Waals surface area contributed by atoms with Crippen molar-refractivity contribution < 1.29 is 9.72 Å². The summed E-state index contributed by atoms with van der Waals surface area (Å²) in [4.78, 5) is 25.8. The van der Waals surface area contributed by atoms with Gasteiger partial charge in [0.25, 0.3) is 5.69 Å². The van der Waals surface area contributed by atoms with Gasteiger partial charge in [0.1, 0.15) is 0 Å². The molecule has 0 saturated carbocycles. The molecule has 0 aliphatic rings. The number of benzene rings is 2. The van der Waals surface area contributed by atoms with E-state index in [0.29, 0.717) is 5.75 Å². The van der Waals surface area contributed by atoms with E-state index in [1.807, 2.05) is 20.8 Å². The highest BCUT2D eigenvalue weighted by Crippen LogP contribution is 2.26. The van der Waals surface area contributed by atoms with Crippen molar-refractivity contribution in [3.8, 4) is 0 Å². The summed E-state index contributed by atoms with van der Waals surface area (Å²) in [6.07, 6.45) is 0. The number of nitrogens with zero attached hydrogens (tertiary/aromatic N) is 2. The molecule has 0 aromatic heterocycles. The number of thioether (sulfide) groups is 1. The highest BCUT2D eigenvalue weighted by molar-refractivity contribution is 8.00. The molecule has 6 heteroatoms. The van der Waals surface area contributed by atoms with Crippen molar-refractivity contribution in [2.75, 3.05) is 12.8 Å². The molecule has 132 valence electrons. The Kier molecular flexibility index (Phi) is 6.20. The number of nitro benzene ring substituents is 1. The van der Waals surface area contributed by atoms with Gasteiger partial charge in [0.05, 0.1) is 16.7 Å². The van der Waals surface area contributed by atoms with E-state index in [2.05, 4.69) is 18.2 Å². The fraction of sp³-hybridized carbons (Fsp3) is 0.316. The Morgan fingerprint density at radius 2 is 1.96 bits per heavy atom. The normalized spacial score (nSPS) is 11.8. The van der Waals surface area contributed by atoms with Crippen molar-refractivity contribution in [2.45, 2.75) is 31.7 Å². The molecule has 2 aromatic carbocycles. The molecule has 0 aliphatic carbocycles. The second-order valence-corrected chi connectivity index (χ2v) is 7.11. The van der Waals surface area contributed by atoms with Crippen LogP contribution < -0.4 is 0 Å². The van der Waals surface area contributed by atoms with Crippen LogP contribution in [-0.2, 0) is 4.79 Å². The fourth-order valence-electron chi connectivity index (χ4n) is 2.44. The molecule has 1 atom stereocenters. The summed E-state index contributed by atoms with van der Waals surface area (Å²) in [7, 11) is 1.73. The number of amides is 1. The number of nitro groups is 1. The summed E-state index contributed by atoms with van der Waals surface area (Å²) < 4.78 is 0. The molecular weight excluding hydrogens is 336 g/mol. The molecule has 0 aliphatic heterocycles. The van der Waals surface area contributed by atoms with Crippen LogP contribution in [0.25, 0.3) is 0 Å². The minimum atomic E-state index is -0.422. The topological polar surface area (TPSA) is 63.5 Å². The second-order valence-electron chi connectivity index (χ2n) is 6.09. The first-order valence-electron chi connectivity index (χ1n) is 7.99. The molecule has 0 heterocycles. The number of hydrogen-bond donors (Lipinski definition) is 0. The van der Waals surface area contributed by atoms with Crippen LogP contribution in [0.15, 0.2) is 47.4 Å². The summed E-state index contributed by atoms with van der Waals surface area (Å²) in [6, 6.07) is 12.4. The Labute approximate surface area is 152 Å². The zero-order valence-corrected chi connectivity index (χ0v) is 15.7. The predicted octanol–water partition coefficient (Wildman–Crippen LogP) is 4.52. The van der Waals surface area contributed by atoms with Gasteiger partial charge < -0.3 is 4.90 Å². The Bertz CT molecular complexity index is 792. The van der Waals surface area contributed by atoms with Crippen molar-refractivity contribution in [1.82, 2.24) is 4.90 Å². The second kappa shape index (κ2) is 8.16. The maximum Gasteiger partial charge on any atom is 0.269 e. The Morgan fingerprint density at radius 1 is 1.24 bits per heavy atom. The third-order valence-corrected chi connectivity index (χ3v) is 5.37. The van der Waals surface area contributed by atoms with Gasteiger partial charge in [0, 0.05) is 24.1 Å². The van der Waals surface area contributed by atoms with E-state index in [1.165, 1.54) is 29.5 Å². The van der Waals surface area contributed by atoms with Gasteiger partial charge in [-0.25, -0.2) is 0 Å². The van der Waals surface area contributed by atoms with Crippen LogP contribution in [0.1, 0.15) is 29.7 Å². The lowest BCUT2D eigenvalue weighted by atomic mass is 10.1. The van der Waals surface area contributed by atoms with Crippen molar-refractivity contribution in [3.63, 3.8) is 0 Å². The predicted molar refractivity (Wildman–Crippen MR) is 101 cm³/mol. The van der Waals surface area contributed by atoms with Crippen molar-refractivity contribution in [1.29, 1.82) is 0 Å². The standard InChI is InChI=1S/C19H22N2O3S/c1-13-8-9-14(2)18(10-13)25-12-19(22)20(4)15(3)16-6-5-7-17(11-16)21(23)24/h5-11,15H,12H2,1-4H3/t15-/m1/s1. The van der Waals surface area contributed by atoms with Gasteiger partial charge in [0.2, 0.25) is 5.91 Å². The van der Waals surface area contributed by atoms with Crippen molar-refractivity contribution >= 4 is 23.4 Å². The Morgan fingerprint density at radius 3 is 2.64 bits per heavy atom. The largest absolute Gasteiger partial charge is 0.338 e. The smallest absolute Gasteiger partial charge is 0.269 e. The van der Waals surface area contributed by atoms with Crippen LogP contribution in [0.5, 0.6) is 0 Å². The highest BCUT2D eigenvalue weighted by atomic mass is 32.2. The van der Waals surface area contributed by atoms with E-state index in [4.69, 9.17) is 0 Å². The quantitative estimate of drug-likeness (QED) is 0.432. The van der Waals surface area contributed by atoms with Crippen LogP contribution in [0.2, 0.25) is 0 Å². The van der Waals surface area contributed by atoms with E-state index in [1.54, 1.807) is 24.1 Å². The molecule has 5 nitrogen and oxygen atoms in total. The first-order valence-corrected chi connectivity index (χ1v) is 8.98. The molecule has 0 radical (unpaired) electrons. The van der Waals surface area contributed by atoms with Gasteiger partial charge in [-0.2, -0.15) is 0 Å². The van der Waals surface area contributed by atoms with Crippen LogP contribution in [0, 0.1) is 24.0 Å². The Balaban J connectivity index is 2.05. The zero-order chi connectivity index (χ0) is 18.6. The number of carbonyl (C=O) groups excluding carboxylic acids is 1. The van der Waals surface area contributed by atoms with Crippen LogP contribution in [0.4, 0.5) is 5.69 Å². The molecule has 0 unspecified atom stereocenters. The number of hydrogen-bond acceptors (Lipinski definition) is 4. The summed E-state index contributed by atoms with van der Waals surface area (Å²) in [5, 5.41) is 10.9. The highest BCUT2D eigenvalue weighted by Gasteiger charge is 2.19. The molecule has 0 bridgehead atoms. The van der Waals surface area contributed by atoms with Gasteiger partial charge in [-0.05, 0) is 38.0 Å². The van der Waals surface area contributed by atoms with Gasteiger partial charge in [-0.3, -0.25) is 14.9 Å². The molecule has 0 saturated heterocycles. The zero-order valence-electron chi connectivity index (χ0n) is 14.9.